The van der Waals surface area contributed by atoms with Crippen molar-refractivity contribution < 1.29 is 5.11 Å². The third-order valence-electron chi connectivity index (χ3n) is 4.28. The maximum atomic E-state index is 9.40. The van der Waals surface area contributed by atoms with Gasteiger partial charge < -0.3 is 5.11 Å². The van der Waals surface area contributed by atoms with Crippen LogP contribution in [0.4, 0.5) is 0 Å². The van der Waals surface area contributed by atoms with E-state index in [0.717, 1.165) is 19.5 Å². The highest BCUT2D eigenvalue weighted by Gasteiger charge is 2.40. The Morgan fingerprint density at radius 1 is 1.29 bits per heavy atom. The van der Waals surface area contributed by atoms with Gasteiger partial charge in [-0.25, -0.2) is 0 Å². The molecule has 0 aliphatic carbocycles. The normalized spacial score (nSPS) is 24.1. The topological polar surface area (TPSA) is 23.5 Å². The van der Waals surface area contributed by atoms with Crippen molar-refractivity contribution in [1.29, 1.82) is 0 Å². The molecule has 2 heteroatoms. The van der Waals surface area contributed by atoms with Gasteiger partial charge in [-0.2, -0.15) is 0 Å². The molecule has 1 aromatic rings. The number of benzene rings is 1. The molecule has 0 radical (unpaired) electrons. The van der Waals surface area contributed by atoms with Gasteiger partial charge in [-0.15, -0.1) is 0 Å². The number of rotatable bonds is 3. The first-order chi connectivity index (χ1) is 8.04. The zero-order chi connectivity index (χ0) is 12.5. The van der Waals surface area contributed by atoms with Crippen LogP contribution in [0, 0.1) is 12.8 Å². The van der Waals surface area contributed by atoms with E-state index in [1.54, 1.807) is 0 Å². The molecule has 1 aromatic carbocycles. The lowest BCUT2D eigenvalue weighted by molar-refractivity contribution is 0.0947. The lowest BCUT2D eigenvalue weighted by atomic mass is 9.89. The minimum atomic E-state index is 0.111. The molecule has 0 bridgehead atoms. The summed E-state index contributed by atoms with van der Waals surface area (Å²) >= 11 is 0. The van der Waals surface area contributed by atoms with Gasteiger partial charge in [0.05, 0.1) is 0 Å². The SMILES string of the molecule is Cc1ccc(CN2CCC(CO)C2(C)C)cc1. The lowest BCUT2D eigenvalue weighted by Crippen LogP contribution is -2.43. The van der Waals surface area contributed by atoms with E-state index >= 15 is 0 Å². The first kappa shape index (κ1) is 12.6. The molecule has 0 spiro atoms. The smallest absolute Gasteiger partial charge is 0.0477 e. The summed E-state index contributed by atoms with van der Waals surface area (Å²) in [6.45, 7) is 8.99. The van der Waals surface area contributed by atoms with Crippen molar-refractivity contribution >= 4 is 0 Å². The third-order valence-corrected chi connectivity index (χ3v) is 4.28. The summed E-state index contributed by atoms with van der Waals surface area (Å²) in [4.78, 5) is 2.48. The summed E-state index contributed by atoms with van der Waals surface area (Å²) in [5.74, 6) is 0.410. The van der Waals surface area contributed by atoms with Gasteiger partial charge in [-0.3, -0.25) is 4.90 Å². The van der Waals surface area contributed by atoms with Crippen LogP contribution in [0.5, 0.6) is 0 Å². The van der Waals surface area contributed by atoms with Crippen LogP contribution < -0.4 is 0 Å². The minimum absolute atomic E-state index is 0.111. The van der Waals surface area contributed by atoms with Crippen LogP contribution in [0.25, 0.3) is 0 Å². The average Bonchev–Trinajstić information content (AvgIpc) is 2.57. The van der Waals surface area contributed by atoms with Crippen LogP contribution in [0.3, 0.4) is 0 Å². The molecular weight excluding hydrogens is 210 g/mol. The summed E-state index contributed by atoms with van der Waals surface area (Å²) in [7, 11) is 0. The summed E-state index contributed by atoms with van der Waals surface area (Å²) in [5.41, 5.74) is 2.78. The Balaban J connectivity index is 2.07. The van der Waals surface area contributed by atoms with E-state index in [0.29, 0.717) is 12.5 Å². The van der Waals surface area contributed by atoms with Crippen LogP contribution >= 0.6 is 0 Å². The molecule has 1 aliphatic heterocycles. The van der Waals surface area contributed by atoms with Gasteiger partial charge in [-0.05, 0) is 39.3 Å². The van der Waals surface area contributed by atoms with Gasteiger partial charge >= 0.3 is 0 Å². The maximum absolute atomic E-state index is 9.40. The van der Waals surface area contributed by atoms with E-state index in [1.165, 1.54) is 11.1 Å². The van der Waals surface area contributed by atoms with Crippen molar-refractivity contribution in [3.63, 3.8) is 0 Å². The van der Waals surface area contributed by atoms with Crippen LogP contribution in [-0.4, -0.2) is 28.7 Å². The molecule has 1 atom stereocenters. The molecule has 1 fully saturated rings. The largest absolute Gasteiger partial charge is 0.396 e. The van der Waals surface area contributed by atoms with E-state index in [1.807, 2.05) is 0 Å². The highest BCUT2D eigenvalue weighted by Crippen LogP contribution is 2.35. The van der Waals surface area contributed by atoms with Crippen molar-refractivity contribution in [3.8, 4) is 0 Å². The summed E-state index contributed by atoms with van der Waals surface area (Å²) in [5, 5.41) is 9.40. The molecule has 2 nitrogen and oxygen atoms in total. The van der Waals surface area contributed by atoms with Crippen molar-refractivity contribution in [2.75, 3.05) is 13.2 Å². The van der Waals surface area contributed by atoms with Crippen LogP contribution in [0.15, 0.2) is 24.3 Å². The van der Waals surface area contributed by atoms with Gasteiger partial charge in [0.2, 0.25) is 0 Å². The van der Waals surface area contributed by atoms with Gasteiger partial charge in [-0.1, -0.05) is 29.8 Å². The van der Waals surface area contributed by atoms with E-state index in [-0.39, 0.29) is 5.54 Å². The molecule has 1 N–H and O–H groups in total. The Kier molecular flexibility index (Phi) is 3.55. The zero-order valence-corrected chi connectivity index (χ0v) is 11.1. The first-order valence-electron chi connectivity index (χ1n) is 6.45. The van der Waals surface area contributed by atoms with Gasteiger partial charge in [0.1, 0.15) is 0 Å². The Morgan fingerprint density at radius 2 is 1.94 bits per heavy atom. The Labute approximate surface area is 104 Å². The Morgan fingerprint density at radius 3 is 2.47 bits per heavy atom. The van der Waals surface area contributed by atoms with Crippen molar-refractivity contribution in [2.24, 2.45) is 5.92 Å². The van der Waals surface area contributed by atoms with Crippen LogP contribution in [0.2, 0.25) is 0 Å². The molecular formula is C15H23NO. The maximum Gasteiger partial charge on any atom is 0.0477 e. The number of hydrogen-bond donors (Lipinski definition) is 1. The predicted octanol–water partition coefficient (Wildman–Crippen LogP) is 2.59. The molecule has 2 rings (SSSR count). The molecule has 0 aromatic heterocycles. The number of nitrogens with zero attached hydrogens (tertiary/aromatic N) is 1. The van der Waals surface area contributed by atoms with Crippen molar-refractivity contribution in [1.82, 2.24) is 4.90 Å². The molecule has 94 valence electrons. The predicted molar refractivity (Wildman–Crippen MR) is 70.9 cm³/mol. The van der Waals surface area contributed by atoms with Gasteiger partial charge in [0.15, 0.2) is 0 Å². The van der Waals surface area contributed by atoms with Crippen molar-refractivity contribution in [2.45, 2.75) is 39.3 Å². The average molecular weight is 233 g/mol. The van der Waals surface area contributed by atoms with E-state index in [2.05, 4.69) is 49.9 Å². The standard InChI is InChI=1S/C15H23NO/c1-12-4-6-13(7-5-12)10-16-9-8-14(11-17)15(16,2)3/h4-7,14,17H,8-11H2,1-3H3. The summed E-state index contributed by atoms with van der Waals surface area (Å²) < 4.78 is 0. The molecule has 1 unspecified atom stereocenters. The molecule has 0 amide bonds. The van der Waals surface area contributed by atoms with E-state index < -0.39 is 0 Å². The second-order valence-corrected chi connectivity index (χ2v) is 5.73. The molecule has 0 saturated carbocycles. The van der Waals surface area contributed by atoms with Gasteiger partial charge in [0, 0.05) is 24.6 Å². The highest BCUT2D eigenvalue weighted by atomic mass is 16.3. The highest BCUT2D eigenvalue weighted by molar-refractivity contribution is 5.21. The fourth-order valence-corrected chi connectivity index (χ4v) is 2.72. The number of aliphatic hydroxyl groups excluding tert-OH is 1. The van der Waals surface area contributed by atoms with Crippen LogP contribution in [-0.2, 0) is 6.54 Å². The Hall–Kier alpha value is -0.860. The van der Waals surface area contributed by atoms with Crippen molar-refractivity contribution in [3.05, 3.63) is 35.4 Å². The monoisotopic (exact) mass is 233 g/mol. The minimum Gasteiger partial charge on any atom is -0.396 e. The third kappa shape index (κ3) is 2.53. The lowest BCUT2D eigenvalue weighted by Gasteiger charge is -2.35. The fourth-order valence-electron chi connectivity index (χ4n) is 2.72. The summed E-state index contributed by atoms with van der Waals surface area (Å²) in [6, 6.07) is 8.75. The second-order valence-electron chi connectivity index (χ2n) is 5.73. The number of aliphatic hydroxyl groups is 1. The van der Waals surface area contributed by atoms with Gasteiger partial charge in [0.25, 0.3) is 0 Å². The quantitative estimate of drug-likeness (QED) is 0.867. The second kappa shape index (κ2) is 4.79. The number of aryl methyl sites for hydroxylation is 1. The number of hydrogen-bond acceptors (Lipinski definition) is 2. The molecule has 1 saturated heterocycles. The number of likely N-dealkylation sites (tertiary alicyclic amines) is 1. The molecule has 1 aliphatic rings. The molecule has 17 heavy (non-hydrogen) atoms. The zero-order valence-electron chi connectivity index (χ0n) is 11.1. The van der Waals surface area contributed by atoms with Crippen LogP contribution in [0.1, 0.15) is 31.4 Å². The first-order valence-corrected chi connectivity index (χ1v) is 6.45. The van der Waals surface area contributed by atoms with E-state index in [4.69, 9.17) is 0 Å². The van der Waals surface area contributed by atoms with E-state index in [9.17, 15) is 5.11 Å². The fraction of sp³-hybridized carbons (Fsp3) is 0.600. The Bertz CT molecular complexity index is 369. The molecule has 1 heterocycles. The summed E-state index contributed by atoms with van der Waals surface area (Å²) in [6.07, 6.45) is 1.11.